The van der Waals surface area contributed by atoms with E-state index in [1.165, 1.54) is 24.3 Å². The minimum atomic E-state index is -0.512. The zero-order valence-corrected chi connectivity index (χ0v) is 12.6. The number of esters is 1. The summed E-state index contributed by atoms with van der Waals surface area (Å²) in [5.74, 6) is -0.676. The number of carbonyl (C=O) groups excluding carboxylic acids is 1. The fourth-order valence-electron chi connectivity index (χ4n) is 2.58. The molecular formula is C20H12FNO2. The van der Waals surface area contributed by atoms with E-state index in [0.29, 0.717) is 5.56 Å². The molecule has 4 rings (SSSR count). The third kappa shape index (κ3) is 2.70. The standard InChI is InChI=1S/C20H12FNO2/c21-17-9-7-15(8-10-17)19-22-18(20(23)24-19)12-13-5-6-14-3-1-2-4-16(14)11-13/h1-12H. The number of benzene rings is 3. The lowest BCUT2D eigenvalue weighted by Crippen LogP contribution is -2.05. The van der Waals surface area contributed by atoms with Crippen molar-refractivity contribution in [2.45, 2.75) is 0 Å². The summed E-state index contributed by atoms with van der Waals surface area (Å²) in [5, 5.41) is 2.21. The lowest BCUT2D eigenvalue weighted by molar-refractivity contribution is -0.129. The van der Waals surface area contributed by atoms with Gasteiger partial charge in [-0.1, -0.05) is 36.4 Å². The third-order valence-electron chi connectivity index (χ3n) is 3.79. The van der Waals surface area contributed by atoms with Crippen LogP contribution in [0, 0.1) is 5.82 Å². The molecule has 0 saturated heterocycles. The molecule has 0 radical (unpaired) electrons. The van der Waals surface area contributed by atoms with E-state index in [4.69, 9.17) is 4.74 Å². The molecule has 0 bridgehead atoms. The zero-order valence-electron chi connectivity index (χ0n) is 12.6. The summed E-state index contributed by atoms with van der Waals surface area (Å²) < 4.78 is 18.2. The highest BCUT2D eigenvalue weighted by atomic mass is 19.1. The van der Waals surface area contributed by atoms with Gasteiger partial charge in [-0.05, 0) is 52.7 Å². The largest absolute Gasteiger partial charge is 0.402 e. The summed E-state index contributed by atoms with van der Waals surface area (Å²) in [6.07, 6.45) is 1.69. The minimum Gasteiger partial charge on any atom is -0.402 e. The molecule has 0 amide bonds. The van der Waals surface area contributed by atoms with Crippen LogP contribution in [-0.4, -0.2) is 11.9 Å². The summed E-state index contributed by atoms with van der Waals surface area (Å²) in [6, 6.07) is 19.6. The van der Waals surface area contributed by atoms with E-state index in [-0.39, 0.29) is 17.4 Å². The van der Waals surface area contributed by atoms with Crippen LogP contribution >= 0.6 is 0 Å². The molecular weight excluding hydrogens is 305 g/mol. The molecule has 3 aromatic carbocycles. The normalized spacial score (nSPS) is 15.6. The highest BCUT2D eigenvalue weighted by Gasteiger charge is 2.24. The molecule has 0 aromatic heterocycles. The van der Waals surface area contributed by atoms with Crippen molar-refractivity contribution < 1.29 is 13.9 Å². The van der Waals surface area contributed by atoms with Crippen molar-refractivity contribution in [3.8, 4) is 0 Å². The number of aliphatic imine (C=N–C) groups is 1. The van der Waals surface area contributed by atoms with Crippen molar-refractivity contribution in [2.24, 2.45) is 4.99 Å². The second-order valence-electron chi connectivity index (χ2n) is 5.45. The van der Waals surface area contributed by atoms with Crippen molar-refractivity contribution in [3.63, 3.8) is 0 Å². The number of nitrogens with zero attached hydrogens (tertiary/aromatic N) is 1. The second kappa shape index (κ2) is 5.74. The number of hydrogen-bond donors (Lipinski definition) is 0. The van der Waals surface area contributed by atoms with Crippen LogP contribution in [0.2, 0.25) is 0 Å². The Hall–Kier alpha value is -3.27. The van der Waals surface area contributed by atoms with E-state index < -0.39 is 5.97 Å². The van der Waals surface area contributed by atoms with Gasteiger partial charge >= 0.3 is 5.97 Å². The summed E-state index contributed by atoms with van der Waals surface area (Å²) in [7, 11) is 0. The van der Waals surface area contributed by atoms with E-state index >= 15 is 0 Å². The molecule has 4 heteroatoms. The third-order valence-corrected chi connectivity index (χ3v) is 3.79. The van der Waals surface area contributed by atoms with Gasteiger partial charge in [0.2, 0.25) is 5.90 Å². The highest BCUT2D eigenvalue weighted by molar-refractivity contribution is 6.12. The number of fused-ring (bicyclic) bond motifs is 1. The van der Waals surface area contributed by atoms with Gasteiger partial charge < -0.3 is 4.74 Å². The summed E-state index contributed by atoms with van der Waals surface area (Å²) in [6.45, 7) is 0. The van der Waals surface area contributed by atoms with E-state index in [2.05, 4.69) is 4.99 Å². The molecule has 3 aromatic rings. The van der Waals surface area contributed by atoms with Crippen LogP contribution in [0.15, 0.2) is 77.4 Å². The van der Waals surface area contributed by atoms with Gasteiger partial charge in [-0.2, -0.15) is 0 Å². The van der Waals surface area contributed by atoms with Gasteiger partial charge in [-0.3, -0.25) is 0 Å². The number of halogens is 1. The maximum atomic E-state index is 13.0. The van der Waals surface area contributed by atoms with Crippen molar-refractivity contribution in [1.82, 2.24) is 0 Å². The number of hydrogen-bond acceptors (Lipinski definition) is 3. The molecule has 0 fully saturated rings. The van der Waals surface area contributed by atoms with Crippen LogP contribution < -0.4 is 0 Å². The van der Waals surface area contributed by atoms with Gasteiger partial charge in [0.25, 0.3) is 0 Å². The fourth-order valence-corrected chi connectivity index (χ4v) is 2.58. The molecule has 24 heavy (non-hydrogen) atoms. The number of ether oxygens (including phenoxy) is 1. The van der Waals surface area contributed by atoms with Gasteiger partial charge in [-0.15, -0.1) is 0 Å². The second-order valence-corrected chi connectivity index (χ2v) is 5.45. The molecule has 0 spiro atoms. The van der Waals surface area contributed by atoms with Gasteiger partial charge in [0.05, 0.1) is 0 Å². The smallest absolute Gasteiger partial charge is 0.363 e. The quantitative estimate of drug-likeness (QED) is 0.521. The van der Waals surface area contributed by atoms with Gasteiger partial charge in [0.1, 0.15) is 5.82 Å². The Bertz CT molecular complexity index is 1000. The monoisotopic (exact) mass is 317 g/mol. The number of carbonyl (C=O) groups is 1. The Kier molecular flexibility index (Phi) is 3.43. The lowest BCUT2D eigenvalue weighted by atomic mass is 10.1. The first-order chi connectivity index (χ1) is 11.7. The van der Waals surface area contributed by atoms with Crippen molar-refractivity contribution >= 4 is 28.7 Å². The fraction of sp³-hybridized carbons (Fsp3) is 0. The molecule has 1 aliphatic heterocycles. The maximum absolute atomic E-state index is 13.0. The van der Waals surface area contributed by atoms with E-state index in [1.54, 1.807) is 6.08 Å². The SMILES string of the molecule is O=C1OC(c2ccc(F)cc2)=NC1=Cc1ccc2ccccc2c1. The molecule has 0 atom stereocenters. The topological polar surface area (TPSA) is 38.7 Å². The molecule has 116 valence electrons. The van der Waals surface area contributed by atoms with Crippen LogP contribution in [0.1, 0.15) is 11.1 Å². The van der Waals surface area contributed by atoms with Gasteiger partial charge in [0.15, 0.2) is 5.70 Å². The summed E-state index contributed by atoms with van der Waals surface area (Å²) in [5.41, 5.74) is 1.65. The van der Waals surface area contributed by atoms with Crippen LogP contribution in [-0.2, 0) is 9.53 Å². The van der Waals surface area contributed by atoms with E-state index in [9.17, 15) is 9.18 Å². The molecule has 0 aliphatic carbocycles. The van der Waals surface area contributed by atoms with Crippen molar-refractivity contribution in [1.29, 1.82) is 0 Å². The van der Waals surface area contributed by atoms with Crippen LogP contribution in [0.25, 0.3) is 16.8 Å². The first kappa shape index (κ1) is 14.3. The van der Waals surface area contributed by atoms with Crippen molar-refractivity contribution in [3.05, 3.63) is 89.4 Å². The van der Waals surface area contributed by atoms with E-state index in [1.807, 2.05) is 42.5 Å². The predicted molar refractivity (Wildman–Crippen MR) is 91.0 cm³/mol. The average molecular weight is 317 g/mol. The Balaban J connectivity index is 1.70. The molecule has 3 nitrogen and oxygen atoms in total. The van der Waals surface area contributed by atoms with Crippen LogP contribution in [0.4, 0.5) is 4.39 Å². The van der Waals surface area contributed by atoms with Crippen LogP contribution in [0.3, 0.4) is 0 Å². The molecule has 0 saturated carbocycles. The Morgan fingerprint density at radius 3 is 2.46 bits per heavy atom. The first-order valence-electron chi connectivity index (χ1n) is 7.46. The van der Waals surface area contributed by atoms with E-state index in [0.717, 1.165) is 16.3 Å². The van der Waals surface area contributed by atoms with Gasteiger partial charge in [0, 0.05) is 5.56 Å². The summed E-state index contributed by atoms with van der Waals surface area (Å²) in [4.78, 5) is 16.2. The Labute approximate surface area is 137 Å². The zero-order chi connectivity index (χ0) is 16.5. The molecule has 1 aliphatic rings. The summed E-state index contributed by atoms with van der Waals surface area (Å²) >= 11 is 0. The molecule has 0 N–H and O–H groups in total. The lowest BCUT2D eigenvalue weighted by Gasteiger charge is -1.99. The van der Waals surface area contributed by atoms with Crippen LogP contribution in [0.5, 0.6) is 0 Å². The van der Waals surface area contributed by atoms with Gasteiger partial charge in [-0.25, -0.2) is 14.2 Å². The molecule has 1 heterocycles. The van der Waals surface area contributed by atoms with Crippen molar-refractivity contribution in [2.75, 3.05) is 0 Å². The number of rotatable bonds is 2. The maximum Gasteiger partial charge on any atom is 0.363 e. The average Bonchev–Trinajstić information content (AvgIpc) is 2.96. The first-order valence-corrected chi connectivity index (χ1v) is 7.46. The minimum absolute atomic E-state index is 0.187. The highest BCUT2D eigenvalue weighted by Crippen LogP contribution is 2.22. The Morgan fingerprint density at radius 1 is 0.917 bits per heavy atom. The predicted octanol–water partition coefficient (Wildman–Crippen LogP) is 4.32. The Morgan fingerprint density at radius 2 is 1.67 bits per heavy atom. The molecule has 0 unspecified atom stereocenters. The number of cyclic esters (lactones) is 1.